The highest BCUT2D eigenvalue weighted by atomic mass is 79.9. The van der Waals surface area contributed by atoms with Gasteiger partial charge in [0, 0.05) is 44.8 Å². The van der Waals surface area contributed by atoms with Gasteiger partial charge in [-0.1, -0.05) is 21.2 Å². The molecule has 2 saturated heterocycles. The van der Waals surface area contributed by atoms with Crippen molar-refractivity contribution in [2.75, 3.05) is 45.5 Å². The van der Waals surface area contributed by atoms with E-state index in [1.54, 1.807) is 4.31 Å². The molecule has 0 radical (unpaired) electrons. The Hall–Kier alpha value is -1.89. The third kappa shape index (κ3) is 6.76. The number of halogens is 2. The molecule has 1 saturated carbocycles. The van der Waals surface area contributed by atoms with Crippen LogP contribution in [0, 0.1) is 23.6 Å². The summed E-state index contributed by atoms with van der Waals surface area (Å²) >= 11 is 3.61. The van der Waals surface area contributed by atoms with Gasteiger partial charge in [-0.15, -0.1) is 0 Å². The molecule has 0 spiro atoms. The predicted molar refractivity (Wildman–Crippen MR) is 142 cm³/mol. The molecule has 3 aliphatic heterocycles. The van der Waals surface area contributed by atoms with E-state index in [-0.39, 0.29) is 10.7 Å². The van der Waals surface area contributed by atoms with Crippen LogP contribution in [0.5, 0.6) is 5.88 Å². The topological polar surface area (TPSA) is 90.7 Å². The first-order chi connectivity index (χ1) is 17.7. The quantitative estimate of drug-likeness (QED) is 0.316. The maximum atomic E-state index is 14.2. The number of nitrogens with zero attached hydrogens (tertiary/aromatic N) is 6. The minimum atomic E-state index is -3.19. The Morgan fingerprint density at radius 1 is 1.27 bits per heavy atom. The van der Waals surface area contributed by atoms with E-state index in [0.717, 1.165) is 31.8 Å². The van der Waals surface area contributed by atoms with Gasteiger partial charge >= 0.3 is 0 Å². The Morgan fingerprint density at radius 2 is 2.05 bits per heavy atom. The number of aromatic nitrogens is 1. The minimum absolute atomic E-state index is 0.0900. The van der Waals surface area contributed by atoms with E-state index in [9.17, 15) is 12.8 Å². The number of pyridine rings is 1. The van der Waals surface area contributed by atoms with Gasteiger partial charge in [-0.25, -0.2) is 27.1 Å². The SMILES string of the molecule is CC(Br)/C(=C\C=C1/CN=NN1CC1CC1)Oc1ncc(F)cc1CN1CC2CCN(S(C)(=O)=O)CC2C1. The fourth-order valence-electron chi connectivity index (χ4n) is 5.27. The van der Waals surface area contributed by atoms with E-state index in [1.807, 2.05) is 24.1 Å². The normalized spacial score (nSPS) is 27.2. The second-order valence-corrected chi connectivity index (χ2v) is 14.0. The number of hydrogen-bond donors (Lipinski definition) is 0. The van der Waals surface area contributed by atoms with Crippen LogP contribution in [0.3, 0.4) is 0 Å². The standard InChI is InChI=1S/C25H34BrFN6O3S/c1-17(26)24(6-5-23-11-29-30-33(23)12-18-3-4-18)36-25-20(9-22(27)10-28-25)14-31-13-19-7-8-32(37(2,34)35)16-21(19)15-31/h5-6,9-10,17-19,21H,3-4,7-8,11-16H2,1-2H3/b23-5+,24-6+. The Balaban J connectivity index is 1.28. The van der Waals surface area contributed by atoms with Gasteiger partial charge in [-0.3, -0.25) is 4.90 Å². The maximum Gasteiger partial charge on any atom is 0.223 e. The molecule has 12 heteroatoms. The van der Waals surface area contributed by atoms with E-state index in [1.165, 1.54) is 31.4 Å². The van der Waals surface area contributed by atoms with Crippen molar-refractivity contribution in [2.24, 2.45) is 28.1 Å². The average Bonchev–Trinajstić information content (AvgIpc) is 3.39. The number of likely N-dealkylation sites (tertiary alicyclic amines) is 1. The zero-order chi connectivity index (χ0) is 26.2. The van der Waals surface area contributed by atoms with E-state index in [4.69, 9.17) is 4.74 Å². The van der Waals surface area contributed by atoms with Gasteiger partial charge in [0.2, 0.25) is 15.9 Å². The maximum absolute atomic E-state index is 14.2. The van der Waals surface area contributed by atoms with Crippen molar-refractivity contribution in [3.8, 4) is 5.88 Å². The Morgan fingerprint density at radius 3 is 2.78 bits per heavy atom. The van der Waals surface area contributed by atoms with Crippen molar-refractivity contribution in [1.29, 1.82) is 0 Å². The van der Waals surface area contributed by atoms with Crippen LogP contribution in [0.15, 0.2) is 46.2 Å². The molecule has 9 nitrogen and oxygen atoms in total. The van der Waals surface area contributed by atoms with Crippen molar-refractivity contribution in [2.45, 2.75) is 37.6 Å². The van der Waals surface area contributed by atoms with Gasteiger partial charge in [0.1, 0.15) is 18.1 Å². The molecule has 5 rings (SSSR count). The summed E-state index contributed by atoms with van der Waals surface area (Å²) in [6.45, 7) is 6.63. The van der Waals surface area contributed by atoms with Crippen LogP contribution >= 0.6 is 15.9 Å². The zero-order valence-corrected chi connectivity index (χ0v) is 23.7. The van der Waals surface area contributed by atoms with E-state index in [2.05, 4.69) is 36.2 Å². The fraction of sp³-hybridized carbons (Fsp3) is 0.640. The molecule has 3 unspecified atom stereocenters. The van der Waals surface area contributed by atoms with Gasteiger partial charge in [-0.2, -0.15) is 5.11 Å². The molecular weight excluding hydrogens is 563 g/mol. The number of sulfonamides is 1. The summed E-state index contributed by atoms with van der Waals surface area (Å²) in [5.41, 5.74) is 1.70. The molecule has 37 heavy (non-hydrogen) atoms. The molecule has 1 aromatic heterocycles. The Kier molecular flexibility index (Phi) is 7.99. The van der Waals surface area contributed by atoms with Gasteiger partial charge in [0.15, 0.2) is 0 Å². The minimum Gasteiger partial charge on any atom is -0.442 e. The lowest BCUT2D eigenvalue weighted by molar-refractivity contribution is 0.228. The number of fused-ring (bicyclic) bond motifs is 1. The molecule has 4 heterocycles. The first kappa shape index (κ1) is 26.7. The number of rotatable bonds is 9. The summed E-state index contributed by atoms with van der Waals surface area (Å²) in [6, 6.07) is 1.48. The fourth-order valence-corrected chi connectivity index (χ4v) is 6.42. The highest BCUT2D eigenvalue weighted by Gasteiger charge is 2.39. The van der Waals surface area contributed by atoms with Gasteiger partial charge in [0.05, 0.1) is 23.0 Å². The van der Waals surface area contributed by atoms with Crippen LogP contribution in [0.25, 0.3) is 0 Å². The molecule has 3 atom stereocenters. The van der Waals surface area contributed by atoms with Crippen LogP contribution in [0.1, 0.15) is 31.7 Å². The molecule has 202 valence electrons. The molecule has 3 fully saturated rings. The van der Waals surface area contributed by atoms with Crippen LogP contribution in [-0.4, -0.2) is 78.0 Å². The molecule has 0 bridgehead atoms. The Bertz CT molecular complexity index is 1200. The number of alkyl halides is 1. The summed E-state index contributed by atoms with van der Waals surface area (Å²) in [5.74, 6) is 2.04. The van der Waals surface area contributed by atoms with Crippen molar-refractivity contribution in [1.82, 2.24) is 19.2 Å². The molecule has 0 aromatic carbocycles. The lowest BCUT2D eigenvalue weighted by Crippen LogP contribution is -2.42. The third-order valence-corrected chi connectivity index (χ3v) is 9.23. The first-order valence-electron chi connectivity index (χ1n) is 12.8. The highest BCUT2D eigenvalue weighted by molar-refractivity contribution is 9.09. The monoisotopic (exact) mass is 596 g/mol. The predicted octanol–water partition coefficient (Wildman–Crippen LogP) is 3.96. The smallest absolute Gasteiger partial charge is 0.223 e. The summed E-state index contributed by atoms with van der Waals surface area (Å²) in [4.78, 5) is 6.44. The molecule has 1 aliphatic carbocycles. The number of allylic oxidation sites excluding steroid dienone is 3. The van der Waals surface area contributed by atoms with Crippen molar-refractivity contribution >= 4 is 26.0 Å². The Labute approximate surface area is 226 Å². The number of hydrogen-bond acceptors (Lipinski definition) is 8. The zero-order valence-electron chi connectivity index (χ0n) is 21.3. The average molecular weight is 598 g/mol. The first-order valence-corrected chi connectivity index (χ1v) is 15.6. The van der Waals surface area contributed by atoms with E-state index < -0.39 is 15.8 Å². The summed E-state index contributed by atoms with van der Waals surface area (Å²) in [7, 11) is -3.19. The molecule has 0 amide bonds. The van der Waals surface area contributed by atoms with E-state index in [0.29, 0.717) is 55.2 Å². The van der Waals surface area contributed by atoms with Crippen LogP contribution in [-0.2, 0) is 16.6 Å². The van der Waals surface area contributed by atoms with Gasteiger partial charge in [0.25, 0.3) is 0 Å². The molecule has 0 N–H and O–H groups in total. The lowest BCUT2D eigenvalue weighted by Gasteiger charge is -2.32. The summed E-state index contributed by atoms with van der Waals surface area (Å²) in [6.07, 6.45) is 9.67. The van der Waals surface area contributed by atoms with Crippen LogP contribution < -0.4 is 4.74 Å². The molecule has 1 aromatic rings. The number of piperidine rings is 1. The van der Waals surface area contributed by atoms with E-state index >= 15 is 0 Å². The van der Waals surface area contributed by atoms with Crippen molar-refractivity contribution in [3.63, 3.8) is 0 Å². The second-order valence-electron chi connectivity index (χ2n) is 10.6. The summed E-state index contributed by atoms with van der Waals surface area (Å²) in [5, 5.41) is 10.4. The van der Waals surface area contributed by atoms with Gasteiger partial charge in [-0.05, 0) is 62.2 Å². The second kappa shape index (κ2) is 11.1. The highest BCUT2D eigenvalue weighted by Crippen LogP contribution is 2.35. The largest absolute Gasteiger partial charge is 0.442 e. The van der Waals surface area contributed by atoms with Gasteiger partial charge < -0.3 is 4.74 Å². The van der Waals surface area contributed by atoms with Crippen molar-refractivity contribution < 1.29 is 17.5 Å². The molecular formula is C25H34BrFN6O3S. The van der Waals surface area contributed by atoms with Crippen LogP contribution in [0.2, 0.25) is 0 Å². The lowest BCUT2D eigenvalue weighted by atomic mass is 9.90. The number of ether oxygens (including phenoxy) is 1. The third-order valence-electron chi connectivity index (χ3n) is 7.50. The van der Waals surface area contributed by atoms with Crippen LogP contribution in [0.4, 0.5) is 4.39 Å². The van der Waals surface area contributed by atoms with Crippen molar-refractivity contribution in [3.05, 3.63) is 47.3 Å². The molecule has 4 aliphatic rings. The summed E-state index contributed by atoms with van der Waals surface area (Å²) < 4.78 is 46.1.